The van der Waals surface area contributed by atoms with Crippen molar-refractivity contribution in [2.45, 2.75) is 57.5 Å². The van der Waals surface area contributed by atoms with Gasteiger partial charge in [-0.05, 0) is 36.7 Å². The molecule has 1 aliphatic carbocycles. The van der Waals surface area contributed by atoms with Crippen LogP contribution in [0.2, 0.25) is 0 Å². The summed E-state index contributed by atoms with van der Waals surface area (Å²) in [7, 11) is 0. The fraction of sp³-hybridized carbons (Fsp3) is 0.476. The summed E-state index contributed by atoms with van der Waals surface area (Å²) < 4.78 is 7.06. The van der Waals surface area contributed by atoms with Gasteiger partial charge in [0.05, 0.1) is 11.1 Å². The maximum atomic E-state index is 13.4. The summed E-state index contributed by atoms with van der Waals surface area (Å²) in [5, 5.41) is 10.8. The Morgan fingerprint density at radius 2 is 2.21 bits per heavy atom. The van der Waals surface area contributed by atoms with Crippen molar-refractivity contribution >= 4 is 33.3 Å². The first kappa shape index (κ1) is 20.2. The maximum absolute atomic E-state index is 13.4. The predicted molar refractivity (Wildman–Crippen MR) is 116 cm³/mol. The molecule has 6 nitrogen and oxygen atoms in total. The first-order valence-electron chi connectivity index (χ1n) is 9.82. The minimum absolute atomic E-state index is 0.0328. The highest BCUT2D eigenvalue weighted by atomic mass is 32.2. The molecule has 3 aromatic rings. The van der Waals surface area contributed by atoms with Crippen LogP contribution in [0.25, 0.3) is 10.2 Å². The van der Waals surface area contributed by atoms with Crippen molar-refractivity contribution in [3.63, 3.8) is 0 Å². The molecule has 0 aromatic carbocycles. The highest BCUT2D eigenvalue weighted by Crippen LogP contribution is 2.36. The normalized spacial score (nSPS) is 16.5. The van der Waals surface area contributed by atoms with Crippen LogP contribution in [-0.4, -0.2) is 14.7 Å². The summed E-state index contributed by atoms with van der Waals surface area (Å²) in [6.07, 6.45) is 4.12. The number of rotatable bonds is 5. The Bertz CT molecular complexity index is 1180. The van der Waals surface area contributed by atoms with E-state index in [2.05, 4.69) is 20.8 Å². The molecule has 0 spiro atoms. The van der Waals surface area contributed by atoms with E-state index in [0.29, 0.717) is 35.1 Å². The maximum Gasteiger partial charge on any atom is 0.263 e. The highest BCUT2D eigenvalue weighted by molar-refractivity contribution is 7.98. The van der Waals surface area contributed by atoms with Gasteiger partial charge in [-0.25, -0.2) is 4.98 Å². The van der Waals surface area contributed by atoms with Crippen LogP contribution < -0.4 is 11.0 Å². The zero-order valence-electron chi connectivity index (χ0n) is 16.7. The lowest BCUT2D eigenvalue weighted by molar-refractivity contribution is 0.419. The van der Waals surface area contributed by atoms with Gasteiger partial charge in [-0.3, -0.25) is 14.2 Å². The molecule has 8 heteroatoms. The lowest BCUT2D eigenvalue weighted by Crippen LogP contribution is -2.26. The molecule has 154 valence electrons. The van der Waals surface area contributed by atoms with Gasteiger partial charge >= 0.3 is 0 Å². The Kier molecular flexibility index (Phi) is 5.57. The van der Waals surface area contributed by atoms with Crippen LogP contribution in [0, 0.1) is 11.8 Å². The van der Waals surface area contributed by atoms with E-state index in [0.717, 1.165) is 35.7 Å². The average molecular weight is 433 g/mol. The minimum atomic E-state index is -0.477. The largest absolute Gasteiger partial charge is 0.502 e. The number of aromatic hydroxyl groups is 1. The molecule has 0 amide bonds. The summed E-state index contributed by atoms with van der Waals surface area (Å²) in [4.78, 5) is 32.0. The second-order valence-corrected chi connectivity index (χ2v) is 10.1. The molecule has 1 unspecified atom stereocenters. The highest BCUT2D eigenvalue weighted by Gasteiger charge is 2.25. The van der Waals surface area contributed by atoms with Gasteiger partial charge in [-0.2, -0.15) is 0 Å². The summed E-state index contributed by atoms with van der Waals surface area (Å²) in [6.45, 7) is 7.00. The summed E-state index contributed by atoms with van der Waals surface area (Å²) in [5.41, 5.74) is 0.750. The fourth-order valence-electron chi connectivity index (χ4n) is 3.70. The van der Waals surface area contributed by atoms with Gasteiger partial charge in [-0.15, -0.1) is 11.3 Å². The van der Waals surface area contributed by atoms with Gasteiger partial charge in [0.15, 0.2) is 10.9 Å². The molecule has 3 heterocycles. The zero-order chi connectivity index (χ0) is 20.7. The van der Waals surface area contributed by atoms with Crippen molar-refractivity contribution in [3.8, 4) is 5.75 Å². The molecule has 1 N–H and O–H groups in total. The van der Waals surface area contributed by atoms with Crippen molar-refractivity contribution in [1.82, 2.24) is 9.55 Å². The van der Waals surface area contributed by atoms with Crippen LogP contribution in [0.15, 0.2) is 31.5 Å². The molecular formula is C21H24N2O4S2. The van der Waals surface area contributed by atoms with E-state index in [4.69, 9.17) is 9.40 Å². The number of fused-ring (bicyclic) bond motifs is 3. The number of hydrogen-bond donors (Lipinski definition) is 1. The molecule has 0 saturated heterocycles. The van der Waals surface area contributed by atoms with Gasteiger partial charge in [0.25, 0.3) is 5.56 Å². The van der Waals surface area contributed by atoms with Gasteiger partial charge in [-0.1, -0.05) is 32.5 Å². The van der Waals surface area contributed by atoms with E-state index in [-0.39, 0.29) is 5.56 Å². The number of aromatic nitrogens is 2. The summed E-state index contributed by atoms with van der Waals surface area (Å²) in [6, 6.07) is 1.27. The quantitative estimate of drug-likeness (QED) is 0.481. The van der Waals surface area contributed by atoms with Crippen molar-refractivity contribution in [2.75, 3.05) is 0 Å². The molecule has 29 heavy (non-hydrogen) atoms. The van der Waals surface area contributed by atoms with Crippen molar-refractivity contribution < 1.29 is 9.52 Å². The number of aryl methyl sites for hydroxylation is 1. The van der Waals surface area contributed by atoms with E-state index in [9.17, 15) is 14.7 Å². The molecule has 0 saturated carbocycles. The molecule has 0 bridgehead atoms. The molecular weight excluding hydrogens is 408 g/mol. The third kappa shape index (κ3) is 4.00. The van der Waals surface area contributed by atoms with Crippen LogP contribution in [-0.2, 0) is 25.1 Å². The summed E-state index contributed by atoms with van der Waals surface area (Å²) >= 11 is 3.02. The number of thioether (sulfide) groups is 1. The molecule has 1 atom stereocenters. The van der Waals surface area contributed by atoms with Crippen LogP contribution in [0.1, 0.15) is 43.4 Å². The van der Waals surface area contributed by atoms with Crippen LogP contribution in [0.4, 0.5) is 0 Å². The third-order valence-corrected chi connectivity index (χ3v) is 7.28. The van der Waals surface area contributed by atoms with E-state index >= 15 is 0 Å². The van der Waals surface area contributed by atoms with E-state index < -0.39 is 11.2 Å². The Labute approximate surface area is 176 Å². The van der Waals surface area contributed by atoms with Crippen LogP contribution in [0.3, 0.4) is 0 Å². The lowest BCUT2D eigenvalue weighted by atomic mass is 9.89. The van der Waals surface area contributed by atoms with Crippen molar-refractivity contribution in [2.24, 2.45) is 11.8 Å². The fourth-order valence-corrected chi connectivity index (χ4v) is 6.02. The van der Waals surface area contributed by atoms with Crippen molar-refractivity contribution in [3.05, 3.63) is 49.1 Å². The standard InChI is InChI=1S/C21H24N2O4S2/c1-11(2)8-23-20(26)18-14-5-4-12(3)6-17(14)29-19(18)22-21(23)28-10-13-7-15(24)16(25)9-27-13/h7,9,11-12,25H,4-6,8,10H2,1-3H3. The number of thiophene rings is 1. The number of hydrogen-bond acceptors (Lipinski definition) is 7. The first-order chi connectivity index (χ1) is 13.8. The topological polar surface area (TPSA) is 85.3 Å². The lowest BCUT2D eigenvalue weighted by Gasteiger charge is -2.18. The Balaban J connectivity index is 1.76. The SMILES string of the molecule is CC(C)Cn1c(SCc2cc(=O)c(O)co2)nc2sc3c(c2c1=O)CCC(C)C3. The second kappa shape index (κ2) is 7.99. The van der Waals surface area contributed by atoms with Gasteiger partial charge < -0.3 is 9.52 Å². The minimum Gasteiger partial charge on any atom is -0.502 e. The molecule has 0 fully saturated rings. The molecule has 3 aromatic heterocycles. The van der Waals surface area contributed by atoms with Gasteiger partial charge in [0.1, 0.15) is 16.9 Å². The first-order valence-corrected chi connectivity index (χ1v) is 11.6. The zero-order valence-corrected chi connectivity index (χ0v) is 18.4. The van der Waals surface area contributed by atoms with E-state index in [1.165, 1.54) is 28.3 Å². The number of nitrogens with zero attached hydrogens (tertiary/aromatic N) is 2. The summed E-state index contributed by atoms with van der Waals surface area (Å²) in [5.74, 6) is 1.32. The monoisotopic (exact) mass is 432 g/mol. The van der Waals surface area contributed by atoms with Crippen LogP contribution in [0.5, 0.6) is 5.75 Å². The molecule has 4 rings (SSSR count). The van der Waals surface area contributed by atoms with Crippen LogP contribution >= 0.6 is 23.1 Å². The Morgan fingerprint density at radius 3 is 2.93 bits per heavy atom. The predicted octanol–water partition coefficient (Wildman–Crippen LogP) is 4.19. The van der Waals surface area contributed by atoms with Crippen molar-refractivity contribution in [1.29, 1.82) is 0 Å². The van der Waals surface area contributed by atoms with Gasteiger partial charge in [0.2, 0.25) is 5.43 Å². The second-order valence-electron chi connectivity index (χ2n) is 8.12. The molecule has 0 aliphatic heterocycles. The smallest absolute Gasteiger partial charge is 0.263 e. The van der Waals surface area contributed by atoms with E-state index in [1.807, 2.05) is 0 Å². The Morgan fingerprint density at radius 1 is 1.41 bits per heavy atom. The molecule has 0 radical (unpaired) electrons. The average Bonchev–Trinajstić information content (AvgIpc) is 3.02. The molecule has 1 aliphatic rings. The van der Waals surface area contributed by atoms with E-state index in [1.54, 1.807) is 15.9 Å². The third-order valence-electron chi connectivity index (χ3n) is 5.14. The van der Waals surface area contributed by atoms with Gasteiger partial charge in [0, 0.05) is 17.5 Å². The Hall–Kier alpha value is -2.06.